The van der Waals surface area contributed by atoms with Gasteiger partial charge in [-0.05, 0) is 40.2 Å². The zero-order chi connectivity index (χ0) is 15.5. The summed E-state index contributed by atoms with van der Waals surface area (Å²) in [7, 11) is 0. The number of carbonyl (C=O) groups is 2. The van der Waals surface area contributed by atoms with E-state index in [-0.39, 0.29) is 12.3 Å². The topological polar surface area (TPSA) is 100 Å². The molecule has 3 rings (SSSR count). The summed E-state index contributed by atoms with van der Waals surface area (Å²) in [6.45, 7) is -0.186. The van der Waals surface area contributed by atoms with Gasteiger partial charge in [0.15, 0.2) is 10.4 Å². The summed E-state index contributed by atoms with van der Waals surface area (Å²) < 4.78 is 5.54. The summed E-state index contributed by atoms with van der Waals surface area (Å²) >= 11 is 3.10. The highest BCUT2D eigenvalue weighted by molar-refractivity contribution is 9.10. The number of aromatic nitrogens is 2. The SMILES string of the molecule is O=C(CNC(=O)c1ccc(Br)o1)Nc1nc2ccccc2[nH]1. The Bertz CT molecular complexity index is 806. The molecular weight excluding hydrogens is 352 g/mol. The molecule has 0 bridgehead atoms. The van der Waals surface area contributed by atoms with Crippen LogP contribution in [0.4, 0.5) is 5.95 Å². The highest BCUT2D eigenvalue weighted by Gasteiger charge is 2.12. The van der Waals surface area contributed by atoms with Crippen molar-refractivity contribution >= 4 is 44.7 Å². The van der Waals surface area contributed by atoms with Crippen LogP contribution in [0, 0.1) is 0 Å². The second kappa shape index (κ2) is 6.02. The standard InChI is InChI=1S/C14H11BrN4O3/c15-11-6-5-10(22-11)13(21)16-7-12(20)19-14-17-8-3-1-2-4-9(8)18-14/h1-6H,7H2,(H,16,21)(H2,17,18,19,20). The fourth-order valence-corrected chi connectivity index (χ4v) is 2.18. The number of aromatic amines is 1. The lowest BCUT2D eigenvalue weighted by Gasteiger charge is -2.03. The number of furan rings is 1. The first-order valence-electron chi connectivity index (χ1n) is 6.40. The van der Waals surface area contributed by atoms with E-state index in [2.05, 4.69) is 36.5 Å². The molecule has 0 fully saturated rings. The number of hydrogen-bond acceptors (Lipinski definition) is 4. The van der Waals surface area contributed by atoms with Crippen LogP contribution < -0.4 is 10.6 Å². The monoisotopic (exact) mass is 362 g/mol. The van der Waals surface area contributed by atoms with E-state index in [1.807, 2.05) is 24.3 Å². The van der Waals surface area contributed by atoms with E-state index in [0.717, 1.165) is 11.0 Å². The number of hydrogen-bond donors (Lipinski definition) is 3. The minimum atomic E-state index is -0.467. The average molecular weight is 363 g/mol. The van der Waals surface area contributed by atoms with E-state index in [1.165, 1.54) is 6.07 Å². The number of rotatable bonds is 4. The molecule has 2 amide bonds. The lowest BCUT2D eigenvalue weighted by molar-refractivity contribution is -0.115. The summed E-state index contributed by atoms with van der Waals surface area (Å²) in [6, 6.07) is 10.5. The summed E-state index contributed by atoms with van der Waals surface area (Å²) in [5.41, 5.74) is 1.57. The fraction of sp³-hybridized carbons (Fsp3) is 0.0714. The minimum Gasteiger partial charge on any atom is -0.444 e. The Labute approximate surface area is 133 Å². The van der Waals surface area contributed by atoms with Crippen LogP contribution in [0.15, 0.2) is 45.5 Å². The first-order chi connectivity index (χ1) is 10.6. The first-order valence-corrected chi connectivity index (χ1v) is 7.19. The Hall–Kier alpha value is -2.61. The van der Waals surface area contributed by atoms with Crippen molar-refractivity contribution in [2.24, 2.45) is 0 Å². The summed E-state index contributed by atoms with van der Waals surface area (Å²) in [6.07, 6.45) is 0. The number of halogens is 1. The number of H-pyrrole nitrogens is 1. The molecule has 3 aromatic rings. The van der Waals surface area contributed by atoms with Gasteiger partial charge in [-0.1, -0.05) is 12.1 Å². The van der Waals surface area contributed by atoms with E-state index in [4.69, 9.17) is 4.42 Å². The van der Waals surface area contributed by atoms with Crippen LogP contribution in [0.25, 0.3) is 11.0 Å². The van der Waals surface area contributed by atoms with Crippen molar-refractivity contribution < 1.29 is 14.0 Å². The Balaban J connectivity index is 1.57. The van der Waals surface area contributed by atoms with Crippen molar-refractivity contribution in [2.75, 3.05) is 11.9 Å². The lowest BCUT2D eigenvalue weighted by atomic mass is 10.3. The van der Waals surface area contributed by atoms with E-state index in [1.54, 1.807) is 6.07 Å². The zero-order valence-electron chi connectivity index (χ0n) is 11.2. The van der Waals surface area contributed by atoms with Crippen molar-refractivity contribution in [3.05, 3.63) is 46.8 Å². The maximum absolute atomic E-state index is 11.8. The molecule has 0 spiro atoms. The number of benzene rings is 1. The molecule has 0 saturated heterocycles. The molecule has 0 aliphatic rings. The summed E-state index contributed by atoms with van der Waals surface area (Å²) in [5.74, 6) is -0.395. The van der Waals surface area contributed by atoms with Crippen molar-refractivity contribution in [3.63, 3.8) is 0 Å². The highest BCUT2D eigenvalue weighted by atomic mass is 79.9. The summed E-state index contributed by atoms with van der Waals surface area (Å²) in [4.78, 5) is 30.7. The third-order valence-corrected chi connectivity index (χ3v) is 3.28. The Morgan fingerprint density at radius 1 is 1.23 bits per heavy atom. The summed E-state index contributed by atoms with van der Waals surface area (Å²) in [5, 5.41) is 5.04. The predicted molar refractivity (Wildman–Crippen MR) is 83.5 cm³/mol. The smallest absolute Gasteiger partial charge is 0.287 e. The van der Waals surface area contributed by atoms with Gasteiger partial charge in [-0.15, -0.1) is 0 Å². The molecule has 7 nitrogen and oxygen atoms in total. The van der Waals surface area contributed by atoms with Gasteiger partial charge >= 0.3 is 0 Å². The molecule has 2 heterocycles. The molecule has 0 radical (unpaired) electrons. The maximum atomic E-state index is 11.8. The van der Waals surface area contributed by atoms with Crippen LogP contribution in [0.5, 0.6) is 0 Å². The van der Waals surface area contributed by atoms with Crippen molar-refractivity contribution in [1.82, 2.24) is 15.3 Å². The number of para-hydroxylation sites is 2. The Morgan fingerprint density at radius 2 is 2.05 bits per heavy atom. The lowest BCUT2D eigenvalue weighted by Crippen LogP contribution is -2.32. The minimum absolute atomic E-state index is 0.128. The van der Waals surface area contributed by atoms with E-state index < -0.39 is 11.8 Å². The van der Waals surface area contributed by atoms with Crippen LogP contribution in [0.3, 0.4) is 0 Å². The zero-order valence-corrected chi connectivity index (χ0v) is 12.8. The van der Waals surface area contributed by atoms with Gasteiger partial charge in [0, 0.05) is 0 Å². The molecule has 0 saturated carbocycles. The molecular formula is C14H11BrN4O3. The van der Waals surface area contributed by atoms with E-state index in [9.17, 15) is 9.59 Å². The molecule has 2 aromatic heterocycles. The van der Waals surface area contributed by atoms with Gasteiger partial charge in [0.1, 0.15) is 0 Å². The van der Waals surface area contributed by atoms with Gasteiger partial charge in [0.25, 0.3) is 5.91 Å². The highest BCUT2D eigenvalue weighted by Crippen LogP contribution is 2.14. The number of nitrogens with one attached hydrogen (secondary N) is 3. The second-order valence-corrected chi connectivity index (χ2v) is 5.22. The van der Waals surface area contributed by atoms with Crippen molar-refractivity contribution in [2.45, 2.75) is 0 Å². The largest absolute Gasteiger partial charge is 0.444 e. The quantitative estimate of drug-likeness (QED) is 0.662. The molecule has 1 aromatic carbocycles. The van der Waals surface area contributed by atoms with Gasteiger partial charge in [-0.25, -0.2) is 4.98 Å². The van der Waals surface area contributed by atoms with Gasteiger partial charge in [-0.2, -0.15) is 0 Å². The third-order valence-electron chi connectivity index (χ3n) is 2.85. The van der Waals surface area contributed by atoms with Crippen molar-refractivity contribution in [1.29, 1.82) is 0 Å². The van der Waals surface area contributed by atoms with Crippen LogP contribution in [0.1, 0.15) is 10.6 Å². The molecule has 112 valence electrons. The van der Waals surface area contributed by atoms with Crippen LogP contribution in [-0.2, 0) is 4.79 Å². The average Bonchev–Trinajstić information content (AvgIpc) is 3.10. The van der Waals surface area contributed by atoms with E-state index >= 15 is 0 Å². The maximum Gasteiger partial charge on any atom is 0.287 e. The van der Waals surface area contributed by atoms with E-state index in [0.29, 0.717) is 10.6 Å². The van der Waals surface area contributed by atoms with Gasteiger partial charge < -0.3 is 14.7 Å². The molecule has 0 unspecified atom stereocenters. The van der Waals surface area contributed by atoms with Crippen LogP contribution in [-0.4, -0.2) is 28.3 Å². The fourth-order valence-electron chi connectivity index (χ4n) is 1.87. The van der Waals surface area contributed by atoms with Crippen LogP contribution in [0.2, 0.25) is 0 Å². The third kappa shape index (κ3) is 3.17. The Kier molecular flexibility index (Phi) is 3.92. The number of imidazole rings is 1. The van der Waals surface area contributed by atoms with Gasteiger partial charge in [0.2, 0.25) is 11.9 Å². The number of nitrogens with zero attached hydrogens (tertiary/aromatic N) is 1. The van der Waals surface area contributed by atoms with Gasteiger partial charge in [0.05, 0.1) is 17.6 Å². The normalized spacial score (nSPS) is 10.6. The number of fused-ring (bicyclic) bond motifs is 1. The molecule has 0 aliphatic heterocycles. The molecule has 0 atom stereocenters. The predicted octanol–water partition coefficient (Wildman–Crippen LogP) is 2.29. The molecule has 8 heteroatoms. The number of amides is 2. The van der Waals surface area contributed by atoms with Crippen molar-refractivity contribution in [3.8, 4) is 0 Å². The number of anilines is 1. The molecule has 22 heavy (non-hydrogen) atoms. The first kappa shape index (κ1) is 14.3. The molecule has 3 N–H and O–H groups in total. The number of carbonyl (C=O) groups excluding carboxylic acids is 2. The Morgan fingerprint density at radius 3 is 2.77 bits per heavy atom. The van der Waals surface area contributed by atoms with Crippen LogP contribution >= 0.6 is 15.9 Å². The molecule has 0 aliphatic carbocycles. The van der Waals surface area contributed by atoms with Gasteiger partial charge in [-0.3, -0.25) is 14.9 Å². The second-order valence-electron chi connectivity index (χ2n) is 4.44.